The molecule has 2 aliphatic rings. The number of anilines is 2. The van der Waals surface area contributed by atoms with Crippen molar-refractivity contribution in [3.8, 4) is 5.75 Å². The lowest BCUT2D eigenvalue weighted by Crippen LogP contribution is -2.37. The van der Waals surface area contributed by atoms with Crippen molar-refractivity contribution in [2.45, 2.75) is 12.5 Å². The van der Waals surface area contributed by atoms with E-state index < -0.39 is 0 Å². The van der Waals surface area contributed by atoms with Gasteiger partial charge in [0, 0.05) is 30.4 Å². The number of hydrogen-bond acceptors (Lipinski definition) is 8. The molecule has 0 aliphatic carbocycles. The number of fused-ring (bicyclic) bond motifs is 1. The number of ether oxygens (including phenoxy) is 3. The maximum Gasteiger partial charge on any atom is 0.257 e. The normalized spacial score (nSPS) is 18.8. The number of rotatable bonds is 5. The van der Waals surface area contributed by atoms with Gasteiger partial charge in [-0.15, -0.1) is 0 Å². The molecule has 30 heavy (non-hydrogen) atoms. The van der Waals surface area contributed by atoms with Crippen molar-refractivity contribution in [3.63, 3.8) is 0 Å². The summed E-state index contributed by atoms with van der Waals surface area (Å²) in [6.07, 6.45) is 2.67. The van der Waals surface area contributed by atoms with Gasteiger partial charge < -0.3 is 19.1 Å². The first-order valence-electron chi connectivity index (χ1n) is 9.92. The zero-order valence-corrected chi connectivity index (χ0v) is 17.4. The smallest absolute Gasteiger partial charge is 0.257 e. The molecule has 2 aliphatic heterocycles. The van der Waals surface area contributed by atoms with E-state index in [4.69, 9.17) is 14.2 Å². The molecule has 2 aromatic heterocycles. The Morgan fingerprint density at radius 2 is 2.20 bits per heavy atom. The zero-order valence-electron chi connectivity index (χ0n) is 16.6. The van der Waals surface area contributed by atoms with Gasteiger partial charge in [0.15, 0.2) is 5.13 Å². The number of amides is 1. The van der Waals surface area contributed by atoms with Crippen LogP contribution in [0.5, 0.6) is 5.75 Å². The molecular weight excluding hydrogens is 404 g/mol. The molecule has 0 bridgehead atoms. The number of nitrogens with zero attached hydrogens (tertiary/aromatic N) is 3. The Bertz CT molecular complexity index is 1080. The van der Waals surface area contributed by atoms with E-state index >= 15 is 0 Å². The van der Waals surface area contributed by atoms with Gasteiger partial charge in [-0.05, 0) is 24.6 Å². The van der Waals surface area contributed by atoms with Gasteiger partial charge >= 0.3 is 0 Å². The van der Waals surface area contributed by atoms with Gasteiger partial charge in [-0.25, -0.2) is 9.97 Å². The Hall–Kier alpha value is -2.75. The predicted octanol–water partition coefficient (Wildman–Crippen LogP) is 3.25. The fraction of sp³-hybridized carbons (Fsp3) is 0.381. The summed E-state index contributed by atoms with van der Waals surface area (Å²) in [5.41, 5.74) is 2.26. The second-order valence-corrected chi connectivity index (χ2v) is 8.18. The fourth-order valence-electron chi connectivity index (χ4n) is 3.59. The quantitative estimate of drug-likeness (QED) is 0.670. The zero-order chi connectivity index (χ0) is 20.5. The van der Waals surface area contributed by atoms with Gasteiger partial charge in [0.1, 0.15) is 23.2 Å². The van der Waals surface area contributed by atoms with Crippen LogP contribution in [-0.2, 0) is 9.47 Å². The molecule has 8 nitrogen and oxygen atoms in total. The minimum Gasteiger partial charge on any atom is -0.494 e. The Balaban J connectivity index is 1.43. The van der Waals surface area contributed by atoms with Gasteiger partial charge in [0.25, 0.3) is 5.91 Å². The Kier molecular flexibility index (Phi) is 5.24. The molecule has 3 aromatic rings. The Labute approximate surface area is 177 Å². The van der Waals surface area contributed by atoms with Crippen LogP contribution in [0.1, 0.15) is 28.4 Å². The number of methoxy groups -OCH3 is 1. The molecule has 1 atom stereocenters. The summed E-state index contributed by atoms with van der Waals surface area (Å²) in [7, 11) is 1.61. The molecule has 4 heterocycles. The van der Waals surface area contributed by atoms with E-state index in [0.29, 0.717) is 41.8 Å². The monoisotopic (exact) mass is 426 g/mol. The van der Waals surface area contributed by atoms with Crippen LogP contribution >= 0.6 is 11.3 Å². The minimum absolute atomic E-state index is 0.157. The number of carbonyl (C=O) groups is 1. The number of aromatic nitrogens is 2. The number of hydrogen-bond donors (Lipinski definition) is 1. The molecule has 2 saturated heterocycles. The molecule has 5 rings (SSSR count). The average Bonchev–Trinajstić information content (AvgIpc) is 3.16. The van der Waals surface area contributed by atoms with Crippen LogP contribution < -0.4 is 15.0 Å². The van der Waals surface area contributed by atoms with Crippen LogP contribution in [-0.4, -0.2) is 55.9 Å². The summed E-state index contributed by atoms with van der Waals surface area (Å²) in [4.78, 5) is 24.0. The maximum atomic E-state index is 12.8. The van der Waals surface area contributed by atoms with Gasteiger partial charge in [0.2, 0.25) is 0 Å². The summed E-state index contributed by atoms with van der Waals surface area (Å²) in [6, 6.07) is 7.39. The van der Waals surface area contributed by atoms with Crippen molar-refractivity contribution in [1.29, 1.82) is 0 Å². The van der Waals surface area contributed by atoms with Crippen LogP contribution in [0, 0.1) is 0 Å². The molecule has 0 saturated carbocycles. The van der Waals surface area contributed by atoms with Gasteiger partial charge in [-0.3, -0.25) is 10.1 Å². The highest BCUT2D eigenvalue weighted by Crippen LogP contribution is 2.39. The molecule has 9 heteroatoms. The minimum atomic E-state index is -0.212. The van der Waals surface area contributed by atoms with E-state index in [9.17, 15) is 4.79 Å². The van der Waals surface area contributed by atoms with Crippen molar-refractivity contribution in [2.24, 2.45) is 0 Å². The average molecular weight is 426 g/mol. The number of pyridine rings is 1. The van der Waals surface area contributed by atoms with Crippen LogP contribution in [0.15, 0.2) is 30.5 Å². The molecule has 0 spiro atoms. The lowest BCUT2D eigenvalue weighted by Gasteiger charge is -2.32. The molecule has 1 N–H and O–H groups in total. The largest absolute Gasteiger partial charge is 0.494 e. The lowest BCUT2D eigenvalue weighted by molar-refractivity contribution is -0.0895. The second kappa shape index (κ2) is 8.17. The molecule has 156 valence electrons. The highest BCUT2D eigenvalue weighted by Gasteiger charge is 2.23. The van der Waals surface area contributed by atoms with Crippen LogP contribution in [0.3, 0.4) is 0 Å². The summed E-state index contributed by atoms with van der Waals surface area (Å²) in [5.74, 6) is 1.28. The van der Waals surface area contributed by atoms with Crippen LogP contribution in [0.2, 0.25) is 0 Å². The summed E-state index contributed by atoms with van der Waals surface area (Å²) < 4.78 is 17.8. The Morgan fingerprint density at radius 3 is 2.93 bits per heavy atom. The summed E-state index contributed by atoms with van der Waals surface area (Å²) in [6.45, 7) is 3.61. The first kappa shape index (κ1) is 19.2. The SMILES string of the molecule is COc1ccc(C2COCCO2)c2sc(NC(=O)c3ccnc(N4CCC4)c3)nc12. The van der Waals surface area contributed by atoms with Crippen LogP contribution in [0.25, 0.3) is 10.2 Å². The first-order chi connectivity index (χ1) is 14.7. The van der Waals surface area contributed by atoms with E-state index in [1.165, 1.54) is 11.3 Å². The molecule has 0 radical (unpaired) electrons. The number of carbonyl (C=O) groups excluding carboxylic acids is 1. The molecule has 1 unspecified atom stereocenters. The molecular formula is C21H22N4O4S. The number of nitrogens with one attached hydrogen (secondary N) is 1. The van der Waals surface area contributed by atoms with Crippen molar-refractivity contribution in [1.82, 2.24) is 9.97 Å². The van der Waals surface area contributed by atoms with E-state index in [1.807, 2.05) is 18.2 Å². The highest BCUT2D eigenvalue weighted by atomic mass is 32.1. The second-order valence-electron chi connectivity index (χ2n) is 7.19. The molecule has 1 amide bonds. The van der Waals surface area contributed by atoms with Crippen molar-refractivity contribution < 1.29 is 19.0 Å². The highest BCUT2D eigenvalue weighted by molar-refractivity contribution is 7.22. The van der Waals surface area contributed by atoms with E-state index in [1.54, 1.807) is 19.4 Å². The van der Waals surface area contributed by atoms with Gasteiger partial charge in [-0.1, -0.05) is 17.4 Å². The topological polar surface area (TPSA) is 85.8 Å². The van der Waals surface area contributed by atoms with Crippen LogP contribution in [0.4, 0.5) is 10.9 Å². The summed E-state index contributed by atoms with van der Waals surface area (Å²) >= 11 is 1.41. The third-order valence-electron chi connectivity index (χ3n) is 5.33. The van der Waals surface area contributed by atoms with Gasteiger partial charge in [-0.2, -0.15) is 0 Å². The number of thiazole rings is 1. The summed E-state index contributed by atoms with van der Waals surface area (Å²) in [5, 5.41) is 3.44. The van der Waals surface area contributed by atoms with E-state index in [2.05, 4.69) is 20.2 Å². The first-order valence-corrected chi connectivity index (χ1v) is 10.7. The Morgan fingerprint density at radius 1 is 1.30 bits per heavy atom. The van der Waals surface area contributed by atoms with Gasteiger partial charge in [0.05, 0.1) is 31.6 Å². The lowest BCUT2D eigenvalue weighted by atomic mass is 10.1. The molecule has 1 aromatic carbocycles. The number of benzene rings is 1. The van der Waals surface area contributed by atoms with Crippen molar-refractivity contribution >= 4 is 38.4 Å². The van der Waals surface area contributed by atoms with Crippen molar-refractivity contribution in [2.75, 3.05) is 50.2 Å². The molecule has 2 fully saturated rings. The predicted molar refractivity (Wildman–Crippen MR) is 115 cm³/mol. The van der Waals surface area contributed by atoms with E-state index in [0.717, 1.165) is 35.6 Å². The third-order valence-corrected chi connectivity index (χ3v) is 6.35. The van der Waals surface area contributed by atoms with E-state index in [-0.39, 0.29) is 12.0 Å². The fourth-order valence-corrected chi connectivity index (χ4v) is 4.62. The standard InChI is InChI=1S/C21H22N4O4S/c1-27-15-4-3-14(16-12-28-9-10-29-16)19-18(15)23-21(30-19)24-20(26)13-5-6-22-17(11-13)25-7-2-8-25/h3-6,11,16H,2,7-10,12H2,1H3,(H,23,24,26). The maximum absolute atomic E-state index is 12.8. The third kappa shape index (κ3) is 3.60. The van der Waals surface area contributed by atoms with Crippen molar-refractivity contribution in [3.05, 3.63) is 41.6 Å².